The third-order valence-corrected chi connectivity index (χ3v) is 35.8. The van der Waals surface area contributed by atoms with Crippen LogP contribution in [0.5, 0.6) is 5.75 Å². The molecule has 1 aromatic carbocycles. The number of aliphatic hydroxyl groups excluding tert-OH is 1. The molecule has 1 aromatic rings. The molecule has 73 heavy (non-hydrogen) atoms. The van der Waals surface area contributed by atoms with Gasteiger partial charge < -0.3 is 32.3 Å². The number of ether oxygens (including phenoxy) is 2. The highest BCUT2D eigenvalue weighted by Gasteiger charge is 2.45. The summed E-state index contributed by atoms with van der Waals surface area (Å²) in [6.45, 7) is 65.6. The minimum atomic E-state index is -2.20. The molecular weight excluding hydrogens is 969 g/mol. The lowest BCUT2D eigenvalue weighted by Crippen LogP contribution is -2.48. The monoisotopic (exact) mass is 1090 g/mol. The van der Waals surface area contributed by atoms with Gasteiger partial charge in [0.15, 0.2) is 33.3 Å². The van der Waals surface area contributed by atoms with Crippen LogP contribution in [0.4, 0.5) is 0 Å². The van der Waals surface area contributed by atoms with Gasteiger partial charge in [-0.1, -0.05) is 186 Å². The van der Waals surface area contributed by atoms with Gasteiger partial charge in [-0.25, -0.2) is 0 Å². The molecular formula is C62H118O7Si4. The molecule has 0 aliphatic carbocycles. The molecule has 0 radical (unpaired) electrons. The Morgan fingerprint density at radius 3 is 1.48 bits per heavy atom. The fourth-order valence-corrected chi connectivity index (χ4v) is 14.2. The molecule has 0 heterocycles. The van der Waals surface area contributed by atoms with Crippen LogP contribution >= 0.6 is 0 Å². The summed E-state index contributed by atoms with van der Waals surface area (Å²) in [7, 11) is -6.98. The lowest BCUT2D eigenvalue weighted by molar-refractivity contribution is -0.0551. The Hall–Kier alpha value is -1.39. The maximum absolute atomic E-state index is 9.80. The van der Waals surface area contributed by atoms with Crippen LogP contribution in [0, 0.1) is 35.5 Å². The van der Waals surface area contributed by atoms with Crippen molar-refractivity contribution < 1.29 is 32.3 Å². The first-order valence-electron chi connectivity index (χ1n) is 28.3. The summed E-state index contributed by atoms with van der Waals surface area (Å²) in [6.07, 6.45) is 18.5. The predicted molar refractivity (Wildman–Crippen MR) is 328 cm³/mol. The number of aliphatic hydroxyl groups is 1. The van der Waals surface area contributed by atoms with Crippen LogP contribution < -0.4 is 4.74 Å². The predicted octanol–water partition coefficient (Wildman–Crippen LogP) is 18.4. The quantitative estimate of drug-likeness (QED) is 0.0451. The summed E-state index contributed by atoms with van der Waals surface area (Å²) in [5.41, 5.74) is 1.13. The van der Waals surface area contributed by atoms with Gasteiger partial charge in [0, 0.05) is 18.3 Å². The molecule has 0 aliphatic heterocycles. The SMILES string of the molecule is C=C/C=C\[C@H](C)[C@H](OCc1ccc(OC)cc1)[C@@H](C)[C@H](CC[C@H](C)C[C@H](C)[C@@H](O[Si](C)(C)C(C)(C)C)[C@@H](C)/C=C\[C@H](C[C@H](O[Si](C)(C)C(C)(C)C)[C@H](C)/C=C/CO)O[Si](C)(C)C(C)(C)C)O[Si](C)(C)C(C)(C)C. The normalized spacial score (nSPS) is 18.8. The molecule has 0 bridgehead atoms. The molecule has 11 atom stereocenters. The molecule has 1 rings (SSSR count). The van der Waals surface area contributed by atoms with Crippen molar-refractivity contribution in [2.45, 2.75) is 260 Å². The largest absolute Gasteiger partial charge is 0.497 e. The van der Waals surface area contributed by atoms with Crippen LogP contribution in [-0.2, 0) is 29.0 Å². The smallest absolute Gasteiger partial charge is 0.192 e. The summed E-state index contributed by atoms with van der Waals surface area (Å²) in [4.78, 5) is 0. The second-order valence-electron chi connectivity index (χ2n) is 28.4. The Kier molecular flexibility index (Phi) is 27.7. The topological polar surface area (TPSA) is 75.6 Å². The van der Waals surface area contributed by atoms with Gasteiger partial charge in [0.25, 0.3) is 0 Å². The van der Waals surface area contributed by atoms with E-state index >= 15 is 0 Å². The zero-order valence-corrected chi connectivity index (χ0v) is 56.5. The van der Waals surface area contributed by atoms with E-state index < -0.39 is 33.3 Å². The van der Waals surface area contributed by atoms with Gasteiger partial charge in [-0.15, -0.1) is 0 Å². The fourth-order valence-electron chi connectivity index (χ4n) is 8.53. The molecule has 0 unspecified atom stereocenters. The maximum Gasteiger partial charge on any atom is 0.192 e. The molecule has 0 amide bonds. The number of hydrogen-bond donors (Lipinski definition) is 1. The van der Waals surface area contributed by atoms with Gasteiger partial charge in [-0.3, -0.25) is 0 Å². The maximum atomic E-state index is 9.80. The lowest BCUT2D eigenvalue weighted by Gasteiger charge is -2.44. The van der Waals surface area contributed by atoms with E-state index in [0.29, 0.717) is 18.4 Å². The summed E-state index contributed by atoms with van der Waals surface area (Å²) >= 11 is 0. The molecule has 0 saturated heterocycles. The number of hydrogen-bond acceptors (Lipinski definition) is 7. The summed E-state index contributed by atoms with van der Waals surface area (Å²) in [5.74, 6) is 2.16. The Balaban J connectivity index is 3.78. The highest BCUT2D eigenvalue weighted by atomic mass is 28.4. The number of rotatable bonds is 31. The van der Waals surface area contributed by atoms with Crippen LogP contribution in [0.3, 0.4) is 0 Å². The first kappa shape index (κ1) is 69.6. The molecule has 0 aromatic heterocycles. The van der Waals surface area contributed by atoms with Gasteiger partial charge in [-0.2, -0.15) is 0 Å². The summed E-state index contributed by atoms with van der Waals surface area (Å²) < 4.78 is 42.1. The third kappa shape index (κ3) is 22.5. The number of benzene rings is 1. The van der Waals surface area contributed by atoms with E-state index in [1.54, 1.807) is 7.11 Å². The van der Waals surface area contributed by atoms with Crippen molar-refractivity contribution >= 4 is 33.3 Å². The summed E-state index contributed by atoms with van der Waals surface area (Å²) in [5, 5.41) is 10.0. The lowest BCUT2D eigenvalue weighted by atomic mass is 9.82. The van der Waals surface area contributed by atoms with E-state index in [1.807, 2.05) is 24.3 Å². The average Bonchev–Trinajstić information content (AvgIpc) is 3.25. The molecule has 1 N–H and O–H groups in total. The van der Waals surface area contributed by atoms with Crippen molar-refractivity contribution in [3.8, 4) is 5.75 Å². The van der Waals surface area contributed by atoms with E-state index in [2.05, 4.69) is 226 Å². The van der Waals surface area contributed by atoms with Crippen molar-refractivity contribution in [2.75, 3.05) is 13.7 Å². The zero-order chi connectivity index (χ0) is 56.8. The Labute approximate surface area is 457 Å². The molecule has 0 fully saturated rings. The van der Waals surface area contributed by atoms with Crippen molar-refractivity contribution in [2.24, 2.45) is 35.5 Å². The van der Waals surface area contributed by atoms with E-state index in [1.165, 1.54) is 0 Å². The van der Waals surface area contributed by atoms with Crippen LogP contribution in [0.25, 0.3) is 0 Å². The Morgan fingerprint density at radius 1 is 0.548 bits per heavy atom. The number of methoxy groups -OCH3 is 1. The van der Waals surface area contributed by atoms with Crippen molar-refractivity contribution in [1.82, 2.24) is 0 Å². The summed E-state index contributed by atoms with van der Waals surface area (Å²) in [6, 6.07) is 8.21. The van der Waals surface area contributed by atoms with E-state index in [4.69, 9.17) is 27.2 Å². The van der Waals surface area contributed by atoms with Crippen LogP contribution in [0.1, 0.15) is 156 Å². The molecule has 0 spiro atoms. The van der Waals surface area contributed by atoms with Gasteiger partial charge in [-0.05, 0) is 133 Å². The second-order valence-corrected chi connectivity index (χ2v) is 47.4. The van der Waals surface area contributed by atoms with E-state index in [-0.39, 0.29) is 81.0 Å². The minimum absolute atomic E-state index is 0.0181. The average molecular weight is 1090 g/mol. The van der Waals surface area contributed by atoms with Crippen molar-refractivity contribution in [3.63, 3.8) is 0 Å². The molecule has 0 saturated carbocycles. The first-order valence-corrected chi connectivity index (χ1v) is 39.9. The first-order chi connectivity index (χ1) is 33.1. The fraction of sp³-hybridized carbons (Fsp3) is 0.774. The molecule has 11 heteroatoms. The van der Waals surface area contributed by atoms with Crippen LogP contribution in [0.2, 0.25) is 72.5 Å². The Morgan fingerprint density at radius 2 is 1.01 bits per heavy atom. The van der Waals surface area contributed by atoms with Crippen molar-refractivity contribution in [3.05, 3.63) is 78.9 Å². The Bertz CT molecular complexity index is 1830. The second kappa shape index (κ2) is 29.0. The van der Waals surface area contributed by atoms with Crippen molar-refractivity contribution in [1.29, 1.82) is 0 Å². The van der Waals surface area contributed by atoms with Gasteiger partial charge in [0.1, 0.15) is 5.75 Å². The highest BCUT2D eigenvalue weighted by Crippen LogP contribution is 2.44. The van der Waals surface area contributed by atoms with E-state index in [0.717, 1.165) is 37.0 Å². The van der Waals surface area contributed by atoms with Crippen LogP contribution in [-0.4, -0.2) is 82.6 Å². The van der Waals surface area contributed by atoms with Gasteiger partial charge in [0.2, 0.25) is 0 Å². The minimum Gasteiger partial charge on any atom is -0.497 e. The van der Waals surface area contributed by atoms with Crippen LogP contribution in [0.15, 0.2) is 73.4 Å². The molecule has 424 valence electrons. The standard InChI is InChI=1S/C62H118O7Si4/c1-29-30-32-48(4)58(65-45-52-36-39-53(64-20)40-37-52)51(7)55(67-71(23,24)60(11,12)13)41-34-46(2)43-50(6)57(69-73(27,28)62(17,18)19)49(5)35-38-54(66-70(21,22)59(8,9)10)44-56(47(3)33-31-42-63)68-72(25,26)61(14,15)16/h29-33,35-40,46-51,54-58,63H,1,34,41-45H2,2-28H3/b32-30-,33-31+,38-35-/t46-,47+,48-,49-,50-,51-,54+,55-,56-,57-,58-/m0/s1. The highest BCUT2D eigenvalue weighted by molar-refractivity contribution is 6.75. The van der Waals surface area contributed by atoms with E-state index in [9.17, 15) is 5.11 Å². The number of allylic oxidation sites excluding steroid dienone is 2. The van der Waals surface area contributed by atoms with Gasteiger partial charge >= 0.3 is 0 Å². The van der Waals surface area contributed by atoms with Gasteiger partial charge in [0.05, 0.1) is 50.8 Å². The third-order valence-electron chi connectivity index (χ3n) is 17.8. The zero-order valence-electron chi connectivity index (χ0n) is 52.5. The molecule has 0 aliphatic rings. The molecule has 7 nitrogen and oxygen atoms in total.